The van der Waals surface area contributed by atoms with Crippen LogP contribution in [0.4, 0.5) is 0 Å². The second-order valence-corrected chi connectivity index (χ2v) is 4.71. The van der Waals surface area contributed by atoms with Gasteiger partial charge >= 0.3 is 0 Å². The lowest BCUT2D eigenvalue weighted by Gasteiger charge is -2.19. The van der Waals surface area contributed by atoms with Crippen molar-refractivity contribution in [2.45, 2.75) is 6.42 Å². The van der Waals surface area contributed by atoms with Crippen LogP contribution in [0.5, 0.6) is 0 Å². The predicted molar refractivity (Wildman–Crippen MR) is 73.1 cm³/mol. The number of aromatic nitrogens is 4. The first kappa shape index (κ1) is 13.2. The van der Waals surface area contributed by atoms with Crippen molar-refractivity contribution in [2.24, 2.45) is 0 Å². The maximum Gasteiger partial charge on any atom is 0.253 e. The predicted octanol–water partition coefficient (Wildman–Crippen LogP) is -0.171. The molecule has 0 saturated carbocycles. The van der Waals surface area contributed by atoms with E-state index in [-0.39, 0.29) is 11.8 Å². The molecule has 0 spiro atoms. The molecule has 1 saturated heterocycles. The van der Waals surface area contributed by atoms with Crippen molar-refractivity contribution in [3.63, 3.8) is 0 Å². The molecule has 1 aromatic heterocycles. The molecule has 0 aliphatic carbocycles. The summed E-state index contributed by atoms with van der Waals surface area (Å²) in [7, 11) is 0. The third-order valence-corrected chi connectivity index (χ3v) is 3.31. The summed E-state index contributed by atoms with van der Waals surface area (Å²) in [5.41, 5.74) is 1.27. The summed E-state index contributed by atoms with van der Waals surface area (Å²) in [6, 6.07) is 7.06. The highest BCUT2D eigenvalue weighted by Crippen LogP contribution is 2.16. The van der Waals surface area contributed by atoms with E-state index in [0.717, 1.165) is 5.56 Å². The minimum absolute atomic E-state index is 0.0224. The van der Waals surface area contributed by atoms with E-state index in [1.165, 1.54) is 0 Å². The molecule has 108 valence electrons. The number of aromatic amines is 1. The molecular formula is C13H14N6O2. The molecule has 1 aliphatic heterocycles. The van der Waals surface area contributed by atoms with Crippen LogP contribution in [0.15, 0.2) is 24.3 Å². The van der Waals surface area contributed by atoms with E-state index in [9.17, 15) is 9.59 Å². The van der Waals surface area contributed by atoms with Crippen molar-refractivity contribution < 1.29 is 9.59 Å². The normalized spacial score (nSPS) is 15.4. The summed E-state index contributed by atoms with van der Waals surface area (Å²) in [5, 5.41) is 16.4. The highest BCUT2D eigenvalue weighted by atomic mass is 16.2. The van der Waals surface area contributed by atoms with Gasteiger partial charge in [0.25, 0.3) is 5.91 Å². The summed E-state index contributed by atoms with van der Waals surface area (Å²) in [4.78, 5) is 25.5. The molecule has 1 fully saturated rings. The summed E-state index contributed by atoms with van der Waals surface area (Å²) in [6.45, 7) is 1.42. The van der Waals surface area contributed by atoms with E-state index in [1.54, 1.807) is 23.1 Å². The van der Waals surface area contributed by atoms with E-state index in [1.807, 2.05) is 6.07 Å². The van der Waals surface area contributed by atoms with Gasteiger partial charge in [0.1, 0.15) is 0 Å². The molecule has 21 heavy (non-hydrogen) atoms. The fourth-order valence-electron chi connectivity index (χ4n) is 2.23. The first-order valence-corrected chi connectivity index (χ1v) is 6.64. The Morgan fingerprint density at radius 1 is 1.29 bits per heavy atom. The number of nitrogens with zero attached hydrogens (tertiary/aromatic N) is 4. The van der Waals surface area contributed by atoms with Gasteiger partial charge in [-0.05, 0) is 17.3 Å². The first-order valence-electron chi connectivity index (χ1n) is 6.64. The molecule has 2 aromatic rings. The van der Waals surface area contributed by atoms with Gasteiger partial charge in [-0.1, -0.05) is 12.1 Å². The fraction of sp³-hybridized carbons (Fsp3) is 0.308. The summed E-state index contributed by atoms with van der Waals surface area (Å²) >= 11 is 0. The lowest BCUT2D eigenvalue weighted by Crippen LogP contribution is -2.34. The van der Waals surface area contributed by atoms with E-state index < -0.39 is 0 Å². The van der Waals surface area contributed by atoms with Gasteiger partial charge in [-0.15, -0.1) is 10.2 Å². The second kappa shape index (κ2) is 5.70. The molecule has 0 unspecified atom stereocenters. The van der Waals surface area contributed by atoms with Gasteiger partial charge in [-0.25, -0.2) is 0 Å². The Morgan fingerprint density at radius 3 is 3.00 bits per heavy atom. The van der Waals surface area contributed by atoms with E-state index in [4.69, 9.17) is 0 Å². The summed E-state index contributed by atoms with van der Waals surface area (Å²) in [5.74, 6) is 0.319. The van der Waals surface area contributed by atoms with Gasteiger partial charge in [0, 0.05) is 37.2 Å². The number of carbonyl (C=O) groups is 2. The first-order chi connectivity index (χ1) is 10.2. The van der Waals surface area contributed by atoms with Gasteiger partial charge in [-0.2, -0.15) is 5.21 Å². The zero-order valence-electron chi connectivity index (χ0n) is 11.2. The number of carbonyl (C=O) groups excluding carboxylic acids is 2. The average Bonchev–Trinajstić information content (AvgIpc) is 2.96. The Balaban J connectivity index is 1.81. The summed E-state index contributed by atoms with van der Waals surface area (Å²) < 4.78 is 0. The Morgan fingerprint density at radius 2 is 2.19 bits per heavy atom. The molecule has 1 aliphatic rings. The zero-order chi connectivity index (χ0) is 14.7. The molecule has 2 N–H and O–H groups in total. The molecule has 0 bridgehead atoms. The number of tetrazole rings is 1. The minimum atomic E-state index is -0.100. The highest BCUT2D eigenvalue weighted by molar-refractivity contribution is 5.95. The van der Waals surface area contributed by atoms with E-state index in [0.29, 0.717) is 37.4 Å². The van der Waals surface area contributed by atoms with Crippen molar-refractivity contribution in [3.8, 4) is 11.4 Å². The second-order valence-electron chi connectivity index (χ2n) is 4.71. The number of nitrogens with one attached hydrogen (secondary N) is 2. The van der Waals surface area contributed by atoms with E-state index >= 15 is 0 Å². The van der Waals surface area contributed by atoms with Gasteiger partial charge < -0.3 is 10.2 Å². The smallest absolute Gasteiger partial charge is 0.253 e. The largest absolute Gasteiger partial charge is 0.354 e. The molecule has 0 radical (unpaired) electrons. The maximum atomic E-state index is 12.5. The molecule has 0 atom stereocenters. The number of hydrogen-bond acceptors (Lipinski definition) is 5. The topological polar surface area (TPSA) is 104 Å². The minimum Gasteiger partial charge on any atom is -0.354 e. The van der Waals surface area contributed by atoms with Gasteiger partial charge in [-0.3, -0.25) is 9.59 Å². The van der Waals surface area contributed by atoms with Crippen LogP contribution in [-0.2, 0) is 4.79 Å². The highest BCUT2D eigenvalue weighted by Gasteiger charge is 2.20. The van der Waals surface area contributed by atoms with Crippen LogP contribution in [0.1, 0.15) is 16.8 Å². The van der Waals surface area contributed by atoms with Crippen molar-refractivity contribution >= 4 is 11.8 Å². The third-order valence-electron chi connectivity index (χ3n) is 3.31. The quantitative estimate of drug-likeness (QED) is 0.797. The van der Waals surface area contributed by atoms with Crippen molar-refractivity contribution in [2.75, 3.05) is 19.6 Å². The van der Waals surface area contributed by atoms with E-state index in [2.05, 4.69) is 25.9 Å². The molecule has 1 aromatic carbocycles. The van der Waals surface area contributed by atoms with Crippen LogP contribution in [0.25, 0.3) is 11.4 Å². The zero-order valence-corrected chi connectivity index (χ0v) is 11.2. The Kier molecular flexibility index (Phi) is 3.59. The Labute approximate surface area is 120 Å². The van der Waals surface area contributed by atoms with Crippen LogP contribution in [0.3, 0.4) is 0 Å². The summed E-state index contributed by atoms with van der Waals surface area (Å²) in [6.07, 6.45) is 0.330. The molecule has 2 heterocycles. The number of benzene rings is 1. The third kappa shape index (κ3) is 2.88. The number of rotatable bonds is 2. The molecule has 3 rings (SSSR count). The van der Waals surface area contributed by atoms with Gasteiger partial charge in [0.15, 0.2) is 0 Å². The van der Waals surface area contributed by atoms with Crippen LogP contribution in [0.2, 0.25) is 0 Å². The van der Waals surface area contributed by atoms with Crippen LogP contribution in [0, 0.1) is 0 Å². The van der Waals surface area contributed by atoms with Crippen molar-refractivity contribution in [3.05, 3.63) is 29.8 Å². The lowest BCUT2D eigenvalue weighted by atomic mass is 10.1. The molecule has 2 amide bonds. The number of amides is 2. The average molecular weight is 286 g/mol. The molecule has 8 heteroatoms. The van der Waals surface area contributed by atoms with Crippen LogP contribution < -0.4 is 5.32 Å². The molecular weight excluding hydrogens is 272 g/mol. The van der Waals surface area contributed by atoms with Crippen molar-refractivity contribution in [1.29, 1.82) is 0 Å². The maximum absolute atomic E-state index is 12.5. The van der Waals surface area contributed by atoms with Crippen LogP contribution in [-0.4, -0.2) is 57.0 Å². The standard InChI is InChI=1S/C13H14N6O2/c20-11-4-6-19(7-5-14-11)13(21)10-3-1-2-9(8-10)12-15-17-18-16-12/h1-3,8H,4-7H2,(H,14,20)(H,15,16,17,18). The van der Waals surface area contributed by atoms with Crippen molar-refractivity contribution in [1.82, 2.24) is 30.8 Å². The Bertz CT molecular complexity index is 654. The SMILES string of the molecule is O=C1CCN(C(=O)c2cccc(-c3nn[nH]n3)c2)CCN1. The van der Waals surface area contributed by atoms with Crippen LogP contribution >= 0.6 is 0 Å². The monoisotopic (exact) mass is 286 g/mol. The fourth-order valence-corrected chi connectivity index (χ4v) is 2.23. The van der Waals surface area contributed by atoms with Gasteiger partial charge in [0.2, 0.25) is 11.7 Å². The molecule has 8 nitrogen and oxygen atoms in total. The number of hydrogen-bond donors (Lipinski definition) is 2. The Hall–Kier alpha value is -2.77. The number of H-pyrrole nitrogens is 1. The lowest BCUT2D eigenvalue weighted by molar-refractivity contribution is -0.120. The van der Waals surface area contributed by atoms with Gasteiger partial charge in [0.05, 0.1) is 0 Å².